The molecular weight excluding hydrogens is 268 g/mol. The van der Waals surface area contributed by atoms with E-state index in [0.717, 1.165) is 4.31 Å². The number of hydrogen-bond donors (Lipinski definition) is 1. The number of carboxylic acid groups (broad SMARTS) is 1. The van der Waals surface area contributed by atoms with Gasteiger partial charge in [-0.15, -0.1) is 0 Å². The third-order valence-corrected chi connectivity index (χ3v) is 4.78. The molecule has 0 atom stereocenters. The normalized spacial score (nSPS) is 12.2. The molecule has 1 heterocycles. The number of aromatic nitrogens is 1. The predicted molar refractivity (Wildman–Crippen MR) is 70.8 cm³/mol. The highest BCUT2D eigenvalue weighted by atomic mass is 32.2. The van der Waals surface area contributed by atoms with E-state index in [1.807, 2.05) is 0 Å². The summed E-state index contributed by atoms with van der Waals surface area (Å²) in [6.45, 7) is 0. The Morgan fingerprint density at radius 1 is 1.32 bits per heavy atom. The van der Waals surface area contributed by atoms with Crippen LogP contribution >= 0.6 is 0 Å². The van der Waals surface area contributed by atoms with Crippen molar-refractivity contribution in [3.8, 4) is 0 Å². The molecule has 1 aromatic heterocycles. The minimum Gasteiger partial charge on any atom is -0.478 e. The van der Waals surface area contributed by atoms with Gasteiger partial charge in [0.05, 0.1) is 10.5 Å². The molecule has 0 aliphatic heterocycles. The van der Waals surface area contributed by atoms with Crippen molar-refractivity contribution in [1.29, 1.82) is 0 Å². The van der Waals surface area contributed by atoms with Crippen LogP contribution in [0.4, 0.5) is 0 Å². The minimum atomic E-state index is -3.57. The van der Waals surface area contributed by atoms with E-state index in [-0.39, 0.29) is 10.5 Å². The minimum absolute atomic E-state index is 0.0821. The Hall–Kier alpha value is -1.86. The molecule has 0 spiro atoms. The summed E-state index contributed by atoms with van der Waals surface area (Å²) in [6.07, 6.45) is 1.47. The summed E-state index contributed by atoms with van der Waals surface area (Å²) in [5, 5.41) is 9.54. The maximum Gasteiger partial charge on any atom is 0.337 e. The number of nitrogens with zero attached hydrogens (tertiary/aromatic N) is 2. The van der Waals surface area contributed by atoms with E-state index in [1.54, 1.807) is 17.7 Å². The van der Waals surface area contributed by atoms with Gasteiger partial charge in [-0.05, 0) is 18.2 Å². The number of rotatable bonds is 3. The maximum atomic E-state index is 12.0. The van der Waals surface area contributed by atoms with Crippen molar-refractivity contribution in [2.75, 3.05) is 14.1 Å². The van der Waals surface area contributed by atoms with E-state index in [2.05, 4.69) is 0 Å². The third kappa shape index (κ3) is 2.11. The van der Waals surface area contributed by atoms with Crippen LogP contribution in [-0.2, 0) is 17.1 Å². The van der Waals surface area contributed by atoms with E-state index in [4.69, 9.17) is 5.11 Å². The van der Waals surface area contributed by atoms with Gasteiger partial charge in [0.15, 0.2) is 0 Å². The highest BCUT2D eigenvalue weighted by Crippen LogP contribution is 2.25. The smallest absolute Gasteiger partial charge is 0.337 e. The number of sulfonamides is 1. The van der Waals surface area contributed by atoms with Crippen molar-refractivity contribution in [2.24, 2.45) is 7.05 Å². The van der Waals surface area contributed by atoms with E-state index < -0.39 is 16.0 Å². The fraction of sp³-hybridized carbons (Fsp3) is 0.250. The fourth-order valence-electron chi connectivity index (χ4n) is 1.91. The Morgan fingerprint density at radius 3 is 2.47 bits per heavy atom. The number of hydrogen-bond acceptors (Lipinski definition) is 3. The zero-order chi connectivity index (χ0) is 14.4. The second-order valence-electron chi connectivity index (χ2n) is 4.43. The molecule has 0 bridgehead atoms. The van der Waals surface area contributed by atoms with Crippen molar-refractivity contribution in [1.82, 2.24) is 8.87 Å². The summed E-state index contributed by atoms with van der Waals surface area (Å²) in [6, 6.07) is 4.48. The molecule has 7 heteroatoms. The van der Waals surface area contributed by atoms with Crippen LogP contribution in [0, 0.1) is 0 Å². The summed E-state index contributed by atoms with van der Waals surface area (Å²) in [5.74, 6) is -1.08. The van der Waals surface area contributed by atoms with Gasteiger partial charge in [-0.3, -0.25) is 0 Å². The number of carbonyl (C=O) groups is 1. The molecule has 102 valence electrons. The third-order valence-electron chi connectivity index (χ3n) is 2.97. The summed E-state index contributed by atoms with van der Waals surface area (Å²) in [5.41, 5.74) is 0.767. The average molecular weight is 282 g/mol. The van der Waals surface area contributed by atoms with E-state index >= 15 is 0 Å². The summed E-state index contributed by atoms with van der Waals surface area (Å²) in [7, 11) is 1.01. The van der Waals surface area contributed by atoms with E-state index in [9.17, 15) is 13.2 Å². The fourth-order valence-corrected chi connectivity index (χ4v) is 2.84. The maximum absolute atomic E-state index is 12.0. The van der Waals surface area contributed by atoms with Crippen LogP contribution < -0.4 is 0 Å². The van der Waals surface area contributed by atoms with Crippen LogP contribution in [0.1, 0.15) is 10.4 Å². The van der Waals surface area contributed by atoms with Gasteiger partial charge in [-0.2, -0.15) is 0 Å². The predicted octanol–water partition coefficient (Wildman–Crippen LogP) is 1.13. The molecule has 6 nitrogen and oxygen atoms in total. The molecular formula is C12H14N2O4S. The van der Waals surface area contributed by atoms with Crippen molar-refractivity contribution >= 4 is 26.9 Å². The standard InChI is InChI=1S/C12H14N2O4S/c1-13(2)19(17,18)8-4-5-11-9(6-8)10(12(15)16)7-14(11)3/h4-7H,1-3H3,(H,15,16). The van der Waals surface area contributed by atoms with Gasteiger partial charge in [0.2, 0.25) is 10.0 Å². The molecule has 0 radical (unpaired) electrons. The summed E-state index contributed by atoms with van der Waals surface area (Å²) >= 11 is 0. The topological polar surface area (TPSA) is 79.6 Å². The summed E-state index contributed by atoms with van der Waals surface area (Å²) in [4.78, 5) is 11.2. The lowest BCUT2D eigenvalue weighted by Gasteiger charge is -2.11. The van der Waals surface area contributed by atoms with Gasteiger partial charge >= 0.3 is 5.97 Å². The zero-order valence-corrected chi connectivity index (χ0v) is 11.6. The molecule has 2 rings (SSSR count). The zero-order valence-electron chi connectivity index (χ0n) is 10.8. The quantitative estimate of drug-likeness (QED) is 0.915. The number of aromatic carboxylic acids is 1. The van der Waals surface area contributed by atoms with Crippen LogP contribution in [0.25, 0.3) is 10.9 Å². The Morgan fingerprint density at radius 2 is 1.95 bits per heavy atom. The molecule has 2 aromatic rings. The van der Waals surface area contributed by atoms with Gasteiger partial charge in [-0.1, -0.05) is 0 Å². The first-order valence-electron chi connectivity index (χ1n) is 5.50. The van der Waals surface area contributed by atoms with Gasteiger partial charge in [-0.25, -0.2) is 17.5 Å². The lowest BCUT2D eigenvalue weighted by atomic mass is 10.2. The number of carboxylic acids is 1. The van der Waals surface area contributed by atoms with Crippen LogP contribution in [0.3, 0.4) is 0 Å². The first kappa shape index (κ1) is 13.6. The number of fused-ring (bicyclic) bond motifs is 1. The first-order valence-corrected chi connectivity index (χ1v) is 6.94. The molecule has 19 heavy (non-hydrogen) atoms. The Balaban J connectivity index is 2.77. The lowest BCUT2D eigenvalue weighted by Crippen LogP contribution is -2.22. The van der Waals surface area contributed by atoms with Gasteiger partial charge in [0.1, 0.15) is 0 Å². The molecule has 0 saturated heterocycles. The Bertz CT molecular complexity index is 759. The SMILES string of the molecule is CN(C)S(=O)(=O)c1ccc2c(c1)c(C(=O)O)cn2C. The molecule has 1 aromatic carbocycles. The second-order valence-corrected chi connectivity index (χ2v) is 6.58. The Labute approximate surface area is 110 Å². The molecule has 0 saturated carbocycles. The van der Waals surface area contributed by atoms with Crippen molar-refractivity contribution < 1.29 is 18.3 Å². The first-order chi connectivity index (χ1) is 8.75. The van der Waals surface area contributed by atoms with Crippen LogP contribution in [0.5, 0.6) is 0 Å². The van der Waals surface area contributed by atoms with Crippen molar-refractivity contribution in [3.05, 3.63) is 30.0 Å². The van der Waals surface area contributed by atoms with Crippen molar-refractivity contribution in [3.63, 3.8) is 0 Å². The molecule has 0 unspecified atom stereocenters. The van der Waals surface area contributed by atoms with Gasteiger partial charge in [0.25, 0.3) is 0 Å². The van der Waals surface area contributed by atoms with Gasteiger partial charge in [0, 0.05) is 38.2 Å². The average Bonchev–Trinajstić information content (AvgIpc) is 2.66. The Kier molecular flexibility index (Phi) is 3.11. The largest absolute Gasteiger partial charge is 0.478 e. The lowest BCUT2D eigenvalue weighted by molar-refractivity contribution is 0.0699. The van der Waals surface area contributed by atoms with E-state index in [1.165, 1.54) is 32.4 Å². The number of benzene rings is 1. The molecule has 0 aliphatic carbocycles. The summed E-state index contributed by atoms with van der Waals surface area (Å²) < 4.78 is 26.8. The monoisotopic (exact) mass is 282 g/mol. The molecule has 0 aliphatic rings. The highest BCUT2D eigenvalue weighted by Gasteiger charge is 2.20. The van der Waals surface area contributed by atoms with Gasteiger partial charge < -0.3 is 9.67 Å². The molecule has 0 amide bonds. The highest BCUT2D eigenvalue weighted by molar-refractivity contribution is 7.89. The molecule has 0 fully saturated rings. The van der Waals surface area contributed by atoms with Crippen LogP contribution in [0.15, 0.2) is 29.3 Å². The van der Waals surface area contributed by atoms with Crippen LogP contribution in [0.2, 0.25) is 0 Å². The number of aryl methyl sites for hydroxylation is 1. The second kappa shape index (κ2) is 4.36. The van der Waals surface area contributed by atoms with Crippen LogP contribution in [-0.4, -0.2) is 42.5 Å². The van der Waals surface area contributed by atoms with E-state index in [0.29, 0.717) is 10.9 Å². The molecule has 1 N–H and O–H groups in total. The van der Waals surface area contributed by atoms with Crippen molar-refractivity contribution in [2.45, 2.75) is 4.90 Å².